The summed E-state index contributed by atoms with van der Waals surface area (Å²) in [6, 6.07) is 0. The molecule has 0 rings (SSSR count). The van der Waals surface area contributed by atoms with Crippen LogP contribution in [0.3, 0.4) is 0 Å². The van der Waals surface area contributed by atoms with E-state index in [4.69, 9.17) is 9.47 Å². The van der Waals surface area contributed by atoms with Crippen molar-refractivity contribution in [1.82, 2.24) is 0 Å². The summed E-state index contributed by atoms with van der Waals surface area (Å²) in [6.07, 6.45) is 2.73. The number of rotatable bonds is 12. The average molecular weight is 272 g/mol. The van der Waals surface area contributed by atoms with Crippen LogP contribution in [0.5, 0.6) is 0 Å². The Morgan fingerprint density at radius 2 is 1.79 bits per heavy atom. The van der Waals surface area contributed by atoms with Crippen molar-refractivity contribution in [2.24, 2.45) is 5.92 Å². The molecule has 1 atom stereocenters. The van der Waals surface area contributed by atoms with Crippen molar-refractivity contribution >= 4 is 11.6 Å². The van der Waals surface area contributed by atoms with Gasteiger partial charge in [-0.2, -0.15) is 0 Å². The first-order valence-corrected chi connectivity index (χ1v) is 7.18. The Morgan fingerprint density at radius 3 is 2.32 bits per heavy atom. The third-order valence-electron chi connectivity index (χ3n) is 2.79. The zero-order chi connectivity index (χ0) is 14.7. The van der Waals surface area contributed by atoms with E-state index in [0.717, 1.165) is 6.42 Å². The van der Waals surface area contributed by atoms with Crippen LogP contribution in [0.4, 0.5) is 0 Å². The SMILES string of the molecule is CCCC(=O)C(CCOC(C)C)COCCC(C)=O. The number of hydrogen-bond acceptors (Lipinski definition) is 4. The Labute approximate surface area is 116 Å². The summed E-state index contributed by atoms with van der Waals surface area (Å²) in [5.74, 6) is 0.239. The monoisotopic (exact) mass is 272 g/mol. The van der Waals surface area contributed by atoms with Gasteiger partial charge in [0.15, 0.2) is 0 Å². The number of Topliss-reactive ketones (excluding diaryl/α,β-unsaturated/α-hetero) is 2. The highest BCUT2D eigenvalue weighted by molar-refractivity contribution is 5.81. The minimum absolute atomic E-state index is 0.106. The molecule has 0 aliphatic heterocycles. The molecule has 0 saturated heterocycles. The van der Waals surface area contributed by atoms with Crippen LogP contribution in [0.15, 0.2) is 0 Å². The Balaban J connectivity index is 4.03. The van der Waals surface area contributed by atoms with Gasteiger partial charge >= 0.3 is 0 Å². The molecule has 0 aromatic rings. The molecular weight excluding hydrogens is 244 g/mol. The number of ether oxygens (including phenoxy) is 2. The van der Waals surface area contributed by atoms with E-state index < -0.39 is 0 Å². The van der Waals surface area contributed by atoms with E-state index >= 15 is 0 Å². The van der Waals surface area contributed by atoms with Gasteiger partial charge in [0.2, 0.25) is 0 Å². The highest BCUT2D eigenvalue weighted by atomic mass is 16.5. The third-order valence-corrected chi connectivity index (χ3v) is 2.79. The second kappa shape index (κ2) is 11.1. The van der Waals surface area contributed by atoms with Crippen LogP contribution < -0.4 is 0 Å². The highest BCUT2D eigenvalue weighted by Gasteiger charge is 2.18. The molecule has 0 aliphatic carbocycles. The predicted octanol–water partition coefficient (Wildman–Crippen LogP) is 2.78. The lowest BCUT2D eigenvalue weighted by Crippen LogP contribution is -2.23. The Morgan fingerprint density at radius 1 is 1.11 bits per heavy atom. The third kappa shape index (κ3) is 10.8. The van der Waals surface area contributed by atoms with Crippen LogP contribution in [0, 0.1) is 5.92 Å². The van der Waals surface area contributed by atoms with Crippen molar-refractivity contribution in [3.05, 3.63) is 0 Å². The highest BCUT2D eigenvalue weighted by Crippen LogP contribution is 2.11. The Hall–Kier alpha value is -0.740. The number of hydrogen-bond donors (Lipinski definition) is 0. The maximum atomic E-state index is 11.9. The Kier molecular flexibility index (Phi) is 10.7. The minimum Gasteiger partial charge on any atom is -0.380 e. The van der Waals surface area contributed by atoms with E-state index in [-0.39, 0.29) is 23.6 Å². The van der Waals surface area contributed by atoms with Crippen molar-refractivity contribution in [3.8, 4) is 0 Å². The van der Waals surface area contributed by atoms with Crippen LogP contribution >= 0.6 is 0 Å². The first-order valence-electron chi connectivity index (χ1n) is 7.18. The Bertz CT molecular complexity index is 261. The van der Waals surface area contributed by atoms with Gasteiger partial charge in [-0.25, -0.2) is 0 Å². The molecular formula is C15H28O4. The number of ketones is 2. The maximum absolute atomic E-state index is 11.9. The van der Waals surface area contributed by atoms with E-state index in [1.165, 1.54) is 0 Å². The van der Waals surface area contributed by atoms with Crippen LogP contribution in [-0.4, -0.2) is 37.5 Å². The van der Waals surface area contributed by atoms with Crippen LogP contribution in [-0.2, 0) is 19.1 Å². The summed E-state index contributed by atoms with van der Waals surface area (Å²) in [5, 5.41) is 0. The normalized spacial score (nSPS) is 12.7. The molecule has 0 saturated carbocycles. The van der Waals surface area contributed by atoms with Gasteiger partial charge in [-0.3, -0.25) is 9.59 Å². The van der Waals surface area contributed by atoms with Crippen LogP contribution in [0.1, 0.15) is 53.4 Å². The standard InChI is InChI=1S/C15H28O4/c1-5-6-15(17)14(8-10-19-12(2)3)11-18-9-7-13(4)16/h12,14H,5-11H2,1-4H3. The van der Waals surface area contributed by atoms with Crippen molar-refractivity contribution in [2.45, 2.75) is 59.5 Å². The van der Waals surface area contributed by atoms with E-state index in [2.05, 4.69) is 0 Å². The van der Waals surface area contributed by atoms with Crippen LogP contribution in [0.25, 0.3) is 0 Å². The lowest BCUT2D eigenvalue weighted by Gasteiger charge is -2.16. The summed E-state index contributed by atoms with van der Waals surface area (Å²) in [6.45, 7) is 8.87. The first-order chi connectivity index (χ1) is 8.97. The quantitative estimate of drug-likeness (QED) is 0.513. The fraction of sp³-hybridized carbons (Fsp3) is 0.867. The van der Waals surface area contributed by atoms with Gasteiger partial charge in [0.25, 0.3) is 0 Å². The van der Waals surface area contributed by atoms with Gasteiger partial charge in [-0.15, -0.1) is 0 Å². The summed E-state index contributed by atoms with van der Waals surface area (Å²) >= 11 is 0. The second-order valence-electron chi connectivity index (χ2n) is 5.15. The molecule has 0 N–H and O–H groups in total. The predicted molar refractivity (Wildman–Crippen MR) is 75.2 cm³/mol. The zero-order valence-electron chi connectivity index (χ0n) is 12.7. The average Bonchev–Trinajstić information content (AvgIpc) is 2.31. The molecule has 0 spiro atoms. The summed E-state index contributed by atoms with van der Waals surface area (Å²) in [5.41, 5.74) is 0. The van der Waals surface area contributed by atoms with Crippen molar-refractivity contribution in [2.75, 3.05) is 19.8 Å². The number of carbonyl (C=O) groups is 2. The minimum atomic E-state index is -0.106. The van der Waals surface area contributed by atoms with Gasteiger partial charge in [0, 0.05) is 25.4 Å². The fourth-order valence-electron chi connectivity index (χ4n) is 1.68. The second-order valence-corrected chi connectivity index (χ2v) is 5.15. The molecule has 0 radical (unpaired) electrons. The lowest BCUT2D eigenvalue weighted by atomic mass is 9.98. The first kappa shape index (κ1) is 18.3. The smallest absolute Gasteiger partial charge is 0.138 e. The number of carbonyl (C=O) groups excluding carboxylic acids is 2. The zero-order valence-corrected chi connectivity index (χ0v) is 12.7. The van der Waals surface area contributed by atoms with E-state index in [1.807, 2.05) is 20.8 Å². The molecule has 4 heteroatoms. The fourth-order valence-corrected chi connectivity index (χ4v) is 1.68. The molecule has 0 fully saturated rings. The van der Waals surface area contributed by atoms with Crippen molar-refractivity contribution < 1.29 is 19.1 Å². The molecule has 4 nitrogen and oxygen atoms in total. The van der Waals surface area contributed by atoms with Gasteiger partial charge in [-0.1, -0.05) is 6.92 Å². The molecule has 0 aromatic carbocycles. The van der Waals surface area contributed by atoms with Crippen molar-refractivity contribution in [3.63, 3.8) is 0 Å². The molecule has 0 aliphatic rings. The van der Waals surface area contributed by atoms with E-state index in [0.29, 0.717) is 39.1 Å². The summed E-state index contributed by atoms with van der Waals surface area (Å²) < 4.78 is 10.9. The van der Waals surface area contributed by atoms with Gasteiger partial charge in [-0.05, 0) is 33.6 Å². The summed E-state index contributed by atoms with van der Waals surface area (Å²) in [4.78, 5) is 22.7. The van der Waals surface area contributed by atoms with Gasteiger partial charge < -0.3 is 9.47 Å². The van der Waals surface area contributed by atoms with Crippen LogP contribution in [0.2, 0.25) is 0 Å². The summed E-state index contributed by atoms with van der Waals surface area (Å²) in [7, 11) is 0. The topological polar surface area (TPSA) is 52.6 Å². The van der Waals surface area contributed by atoms with Crippen molar-refractivity contribution in [1.29, 1.82) is 0 Å². The molecule has 1 unspecified atom stereocenters. The maximum Gasteiger partial charge on any atom is 0.138 e. The largest absolute Gasteiger partial charge is 0.380 e. The lowest BCUT2D eigenvalue weighted by molar-refractivity contribution is -0.126. The van der Waals surface area contributed by atoms with E-state index in [9.17, 15) is 9.59 Å². The molecule has 112 valence electrons. The van der Waals surface area contributed by atoms with Gasteiger partial charge in [0.05, 0.1) is 19.3 Å². The molecule has 0 bridgehead atoms. The van der Waals surface area contributed by atoms with Gasteiger partial charge in [0.1, 0.15) is 11.6 Å². The molecule has 0 heterocycles. The molecule has 0 amide bonds. The van der Waals surface area contributed by atoms with E-state index in [1.54, 1.807) is 6.92 Å². The molecule has 19 heavy (non-hydrogen) atoms. The molecule has 0 aromatic heterocycles.